The minimum absolute atomic E-state index is 0.551. The van der Waals surface area contributed by atoms with Crippen molar-refractivity contribution in [3.8, 4) is 0 Å². The Morgan fingerprint density at radius 3 is 2.48 bits per heavy atom. The largest absolute Gasteiger partial charge is 0.261 e. The summed E-state index contributed by atoms with van der Waals surface area (Å²) < 4.78 is 0. The van der Waals surface area contributed by atoms with Crippen LogP contribution in [0, 0.1) is 5.41 Å². The lowest BCUT2D eigenvalue weighted by atomic mass is 9.82. The molecule has 124 valence electrons. The van der Waals surface area contributed by atoms with E-state index in [1.54, 1.807) is 0 Å². The Morgan fingerprint density at radius 2 is 1.87 bits per heavy atom. The highest BCUT2D eigenvalue weighted by Gasteiger charge is 2.27. The molecule has 0 N–H and O–H groups in total. The van der Waals surface area contributed by atoms with Gasteiger partial charge in [-0.05, 0) is 80.7 Å². The lowest BCUT2D eigenvalue weighted by Gasteiger charge is -2.23. The summed E-state index contributed by atoms with van der Waals surface area (Å²) in [4.78, 5) is 4.58. The van der Waals surface area contributed by atoms with Crippen LogP contribution in [0.5, 0.6) is 0 Å². The van der Waals surface area contributed by atoms with Crippen molar-refractivity contribution >= 4 is 11.8 Å². The smallest absolute Gasteiger partial charge is 0.0445 e. The summed E-state index contributed by atoms with van der Waals surface area (Å²) in [5.74, 6) is 0. The predicted octanol–water partition coefficient (Wildman–Crippen LogP) is 6.58. The van der Waals surface area contributed by atoms with Gasteiger partial charge < -0.3 is 0 Å². The zero-order valence-electron chi connectivity index (χ0n) is 15.3. The molecule has 0 spiro atoms. The number of hydrogen-bond acceptors (Lipinski definition) is 1. The molecule has 0 radical (unpaired) electrons. The van der Waals surface area contributed by atoms with Crippen LogP contribution in [0.2, 0.25) is 0 Å². The van der Waals surface area contributed by atoms with E-state index in [-0.39, 0.29) is 0 Å². The second-order valence-electron chi connectivity index (χ2n) is 7.61. The minimum Gasteiger partial charge on any atom is -0.261 e. The summed E-state index contributed by atoms with van der Waals surface area (Å²) in [6.45, 7) is 12.6. The van der Waals surface area contributed by atoms with Gasteiger partial charge >= 0.3 is 0 Å². The van der Waals surface area contributed by atoms with Crippen LogP contribution in [0.15, 0.2) is 41.5 Å². The first-order valence-corrected chi connectivity index (χ1v) is 8.86. The minimum atomic E-state index is 0.551. The number of benzene rings is 1. The van der Waals surface area contributed by atoms with Crippen LogP contribution in [-0.2, 0) is 6.42 Å². The number of aryl methyl sites for hydroxylation is 1. The highest BCUT2D eigenvalue weighted by molar-refractivity contribution is 5.99. The third-order valence-electron chi connectivity index (χ3n) is 5.01. The van der Waals surface area contributed by atoms with Crippen LogP contribution < -0.4 is 0 Å². The van der Waals surface area contributed by atoms with Crippen molar-refractivity contribution < 1.29 is 0 Å². The average molecular weight is 309 g/mol. The fourth-order valence-electron chi connectivity index (χ4n) is 3.41. The monoisotopic (exact) mass is 309 g/mol. The highest BCUT2D eigenvalue weighted by Crippen LogP contribution is 2.41. The molecular formula is C22H31N. The lowest BCUT2D eigenvalue weighted by Crippen LogP contribution is -2.12. The van der Waals surface area contributed by atoms with E-state index in [1.165, 1.54) is 54.4 Å². The second kappa shape index (κ2) is 7.77. The van der Waals surface area contributed by atoms with Gasteiger partial charge in [-0.1, -0.05) is 44.1 Å². The number of rotatable bonds is 6. The molecule has 1 heteroatoms. The fourth-order valence-corrected chi connectivity index (χ4v) is 3.41. The van der Waals surface area contributed by atoms with Crippen LogP contribution in [0.1, 0.15) is 76.5 Å². The lowest BCUT2D eigenvalue weighted by molar-refractivity contribution is 0.309. The third-order valence-corrected chi connectivity index (χ3v) is 5.01. The maximum atomic E-state index is 4.58. The molecule has 0 aromatic heterocycles. The van der Waals surface area contributed by atoms with Gasteiger partial charge in [0.15, 0.2) is 0 Å². The van der Waals surface area contributed by atoms with Crippen LogP contribution in [0.4, 0.5) is 0 Å². The van der Waals surface area contributed by atoms with Gasteiger partial charge in [0.2, 0.25) is 0 Å². The maximum Gasteiger partial charge on any atom is 0.0445 e. The van der Waals surface area contributed by atoms with Crippen molar-refractivity contribution in [2.75, 3.05) is 0 Å². The van der Waals surface area contributed by atoms with Crippen LogP contribution in [0.25, 0.3) is 6.08 Å². The molecule has 1 aliphatic carbocycles. The molecule has 0 saturated heterocycles. The van der Waals surface area contributed by atoms with E-state index in [1.807, 2.05) is 12.3 Å². The Bertz CT molecular complexity index is 609. The Labute approximate surface area is 142 Å². The molecule has 1 nitrogen and oxygen atoms in total. The Kier molecular flexibility index (Phi) is 5.98. The molecule has 1 fully saturated rings. The summed E-state index contributed by atoms with van der Waals surface area (Å²) in [6, 6.07) is 6.78. The highest BCUT2D eigenvalue weighted by atomic mass is 14.7. The van der Waals surface area contributed by atoms with E-state index >= 15 is 0 Å². The molecule has 2 rings (SSSR count). The van der Waals surface area contributed by atoms with Gasteiger partial charge in [0.05, 0.1) is 0 Å². The molecule has 0 atom stereocenters. The molecular weight excluding hydrogens is 278 g/mol. The van der Waals surface area contributed by atoms with Crippen LogP contribution >= 0.6 is 0 Å². The number of allylic oxidation sites excluding steroid dienone is 1. The van der Waals surface area contributed by atoms with Gasteiger partial charge in [0.25, 0.3) is 0 Å². The van der Waals surface area contributed by atoms with Crippen LogP contribution in [-0.4, -0.2) is 5.71 Å². The van der Waals surface area contributed by atoms with E-state index in [9.17, 15) is 0 Å². The standard InChI is InChI=1S/C22H31N/c1-6-19-13-20(9-12-22(5)10-7-8-11-22)15-21(14-19)18(4)23-16-17(2)3/h6,13-16H,1,7-12H2,2-5H3/b23-18+. The number of hydrogen-bond donors (Lipinski definition) is 0. The van der Waals surface area contributed by atoms with Crippen molar-refractivity contribution in [3.05, 3.63) is 53.2 Å². The predicted molar refractivity (Wildman–Crippen MR) is 103 cm³/mol. The molecule has 1 saturated carbocycles. The van der Waals surface area contributed by atoms with E-state index in [2.05, 4.69) is 57.5 Å². The van der Waals surface area contributed by atoms with Crippen molar-refractivity contribution in [3.63, 3.8) is 0 Å². The van der Waals surface area contributed by atoms with E-state index in [0.717, 1.165) is 12.1 Å². The van der Waals surface area contributed by atoms with Crippen molar-refractivity contribution in [1.82, 2.24) is 0 Å². The van der Waals surface area contributed by atoms with Gasteiger partial charge in [0.1, 0.15) is 0 Å². The number of aliphatic imine (C=N–C) groups is 1. The normalized spacial score (nSPS) is 17.1. The topological polar surface area (TPSA) is 12.4 Å². The molecule has 0 bridgehead atoms. The Morgan fingerprint density at radius 1 is 1.17 bits per heavy atom. The summed E-state index contributed by atoms with van der Waals surface area (Å²) in [6.07, 6.45) is 11.9. The zero-order valence-corrected chi connectivity index (χ0v) is 15.3. The Hall–Kier alpha value is -1.63. The van der Waals surface area contributed by atoms with E-state index in [4.69, 9.17) is 0 Å². The summed E-state index contributed by atoms with van der Waals surface area (Å²) >= 11 is 0. The molecule has 0 heterocycles. The quantitative estimate of drug-likeness (QED) is 0.527. The van der Waals surface area contributed by atoms with Crippen molar-refractivity contribution in [2.24, 2.45) is 10.4 Å². The van der Waals surface area contributed by atoms with Gasteiger partial charge in [0, 0.05) is 11.9 Å². The van der Waals surface area contributed by atoms with Crippen LogP contribution in [0.3, 0.4) is 0 Å². The van der Waals surface area contributed by atoms with Crippen molar-refractivity contribution in [1.29, 1.82) is 0 Å². The van der Waals surface area contributed by atoms with E-state index in [0.29, 0.717) is 5.41 Å². The van der Waals surface area contributed by atoms with E-state index < -0.39 is 0 Å². The summed E-state index contributed by atoms with van der Waals surface area (Å²) in [5, 5.41) is 0. The molecule has 0 aliphatic heterocycles. The molecule has 23 heavy (non-hydrogen) atoms. The third kappa shape index (κ3) is 5.20. The molecule has 0 unspecified atom stereocenters. The first-order chi connectivity index (χ1) is 10.9. The summed E-state index contributed by atoms with van der Waals surface area (Å²) in [5.41, 5.74) is 6.67. The van der Waals surface area contributed by atoms with Crippen molar-refractivity contribution in [2.45, 2.75) is 66.2 Å². The molecule has 0 amide bonds. The van der Waals surface area contributed by atoms with Gasteiger partial charge in [-0.2, -0.15) is 0 Å². The molecule has 1 aromatic carbocycles. The van der Waals surface area contributed by atoms with Gasteiger partial charge in [-0.15, -0.1) is 0 Å². The Balaban J connectivity index is 2.19. The molecule has 1 aromatic rings. The average Bonchev–Trinajstić information content (AvgIpc) is 2.97. The number of nitrogens with zero attached hydrogens (tertiary/aromatic N) is 1. The second-order valence-corrected chi connectivity index (χ2v) is 7.61. The maximum absolute atomic E-state index is 4.58. The first-order valence-electron chi connectivity index (χ1n) is 8.86. The SMILES string of the molecule is C=Cc1cc(CCC2(C)CCCC2)cc(/C(C)=N/C=C(C)C)c1. The zero-order chi connectivity index (χ0) is 16.9. The fraction of sp³-hybridized carbons (Fsp3) is 0.500. The first kappa shape index (κ1) is 17.7. The van der Waals surface area contributed by atoms with Gasteiger partial charge in [-0.25, -0.2) is 0 Å². The van der Waals surface area contributed by atoms with Gasteiger partial charge in [-0.3, -0.25) is 4.99 Å². The molecule has 1 aliphatic rings. The summed E-state index contributed by atoms with van der Waals surface area (Å²) in [7, 11) is 0.